The number of para-hydroxylation sites is 2. The summed E-state index contributed by atoms with van der Waals surface area (Å²) in [6, 6.07) is 14.1. The first kappa shape index (κ1) is 19.0. The maximum absolute atomic E-state index is 12.6. The molecule has 6 nitrogen and oxygen atoms in total. The molecule has 0 radical (unpaired) electrons. The molecule has 1 aliphatic rings. The average Bonchev–Trinajstić information content (AvgIpc) is 3.53. The molecule has 1 aliphatic heterocycles. The highest BCUT2D eigenvalue weighted by Gasteiger charge is 2.20. The van der Waals surface area contributed by atoms with Crippen molar-refractivity contribution in [2.75, 3.05) is 16.8 Å². The number of amides is 1. The third-order valence-corrected chi connectivity index (χ3v) is 6.99. The van der Waals surface area contributed by atoms with Gasteiger partial charge in [0.25, 0.3) is 0 Å². The highest BCUT2D eigenvalue weighted by Crippen LogP contribution is 2.32. The van der Waals surface area contributed by atoms with Crippen LogP contribution in [0.2, 0.25) is 0 Å². The maximum atomic E-state index is 12.6. The second kappa shape index (κ2) is 8.41. The van der Waals surface area contributed by atoms with E-state index in [0.29, 0.717) is 18.1 Å². The molecule has 0 saturated heterocycles. The average molecular weight is 437 g/mol. The fraction of sp³-hybridized carbons (Fsp3) is 0.227. The van der Waals surface area contributed by atoms with E-state index < -0.39 is 0 Å². The van der Waals surface area contributed by atoms with Crippen molar-refractivity contribution in [1.82, 2.24) is 10.1 Å². The molecule has 8 heteroatoms. The van der Waals surface area contributed by atoms with Gasteiger partial charge in [-0.3, -0.25) is 4.79 Å². The molecule has 0 spiro atoms. The Hall–Kier alpha value is -2.97. The molecule has 152 valence electrons. The molecule has 0 bridgehead atoms. The van der Waals surface area contributed by atoms with Gasteiger partial charge in [0.1, 0.15) is 0 Å². The number of carbonyl (C=O) groups is 1. The van der Waals surface area contributed by atoms with E-state index in [1.165, 1.54) is 10.4 Å². The van der Waals surface area contributed by atoms with Crippen molar-refractivity contribution >= 4 is 40.0 Å². The SMILES string of the molecule is O=C(CCc1nc(-c2cccs2)no1)Nc1ccccc1N1CCc2sccc2C1. The van der Waals surface area contributed by atoms with E-state index in [1.807, 2.05) is 47.0 Å². The number of thiophene rings is 2. The van der Waals surface area contributed by atoms with Crippen LogP contribution in [0.15, 0.2) is 57.7 Å². The van der Waals surface area contributed by atoms with Gasteiger partial charge in [0, 0.05) is 30.8 Å². The van der Waals surface area contributed by atoms with Gasteiger partial charge < -0.3 is 14.7 Å². The number of fused-ring (bicyclic) bond motifs is 1. The summed E-state index contributed by atoms with van der Waals surface area (Å²) in [4.78, 5) is 21.7. The lowest BCUT2D eigenvalue weighted by Crippen LogP contribution is -2.30. The molecule has 30 heavy (non-hydrogen) atoms. The first-order valence-corrected chi connectivity index (χ1v) is 11.6. The minimum absolute atomic E-state index is 0.0634. The molecule has 0 aliphatic carbocycles. The zero-order valence-corrected chi connectivity index (χ0v) is 17.8. The molecule has 3 aromatic heterocycles. The Balaban J connectivity index is 1.23. The van der Waals surface area contributed by atoms with Crippen LogP contribution in [0.5, 0.6) is 0 Å². The number of hydrogen-bond acceptors (Lipinski definition) is 7. The van der Waals surface area contributed by atoms with Crippen molar-refractivity contribution in [2.24, 2.45) is 0 Å². The van der Waals surface area contributed by atoms with Crippen LogP contribution < -0.4 is 10.2 Å². The molecule has 0 saturated carbocycles. The van der Waals surface area contributed by atoms with Crippen LogP contribution in [0.1, 0.15) is 22.8 Å². The van der Waals surface area contributed by atoms with Crippen molar-refractivity contribution in [1.29, 1.82) is 0 Å². The van der Waals surface area contributed by atoms with E-state index in [2.05, 4.69) is 37.9 Å². The second-order valence-electron chi connectivity index (χ2n) is 7.09. The minimum Gasteiger partial charge on any atom is -0.365 e. The molecule has 1 amide bonds. The lowest BCUT2D eigenvalue weighted by Gasteiger charge is -2.30. The molecular weight excluding hydrogens is 416 g/mol. The van der Waals surface area contributed by atoms with Crippen LogP contribution >= 0.6 is 22.7 Å². The number of aromatic nitrogens is 2. The number of hydrogen-bond donors (Lipinski definition) is 1. The zero-order valence-electron chi connectivity index (χ0n) is 16.2. The molecule has 0 atom stereocenters. The standard InChI is InChI=1S/C22H20N4O2S2/c27-20(7-8-21-24-22(25-28-21)19-6-3-12-29-19)23-16-4-1-2-5-17(16)26-11-9-18-15(14-26)10-13-30-18/h1-6,10,12-13H,7-9,11,14H2,(H,23,27). The molecule has 4 heterocycles. The van der Waals surface area contributed by atoms with Gasteiger partial charge in [-0.2, -0.15) is 4.98 Å². The number of nitrogens with zero attached hydrogens (tertiary/aromatic N) is 3. The van der Waals surface area contributed by atoms with Crippen molar-refractivity contribution in [3.05, 3.63) is 69.6 Å². The maximum Gasteiger partial charge on any atom is 0.227 e. The normalized spacial score (nSPS) is 13.3. The fourth-order valence-corrected chi connectivity index (χ4v) is 5.14. The topological polar surface area (TPSA) is 71.3 Å². The van der Waals surface area contributed by atoms with E-state index in [1.54, 1.807) is 11.3 Å². The minimum atomic E-state index is -0.0634. The van der Waals surface area contributed by atoms with Gasteiger partial charge in [0.05, 0.1) is 16.3 Å². The fourth-order valence-electron chi connectivity index (χ4n) is 3.60. The van der Waals surface area contributed by atoms with Crippen LogP contribution in [0.25, 0.3) is 10.7 Å². The molecule has 4 aromatic rings. The van der Waals surface area contributed by atoms with Gasteiger partial charge in [0.15, 0.2) is 0 Å². The van der Waals surface area contributed by atoms with Crippen molar-refractivity contribution in [3.63, 3.8) is 0 Å². The summed E-state index contributed by atoms with van der Waals surface area (Å²) in [5, 5.41) is 11.2. The Morgan fingerprint density at radius 1 is 1.13 bits per heavy atom. The Labute approximate surface area is 182 Å². The van der Waals surface area contributed by atoms with Crippen LogP contribution in [0, 0.1) is 0 Å². The number of carbonyl (C=O) groups excluding carboxylic acids is 1. The Morgan fingerprint density at radius 2 is 2.07 bits per heavy atom. The summed E-state index contributed by atoms with van der Waals surface area (Å²) in [7, 11) is 0. The van der Waals surface area contributed by atoms with Gasteiger partial charge in [-0.05, 0) is 47.0 Å². The van der Waals surface area contributed by atoms with Gasteiger partial charge in [0.2, 0.25) is 17.6 Å². The van der Waals surface area contributed by atoms with Crippen molar-refractivity contribution in [3.8, 4) is 10.7 Å². The number of rotatable bonds is 6. The number of nitrogens with one attached hydrogen (secondary N) is 1. The molecule has 0 unspecified atom stereocenters. The van der Waals surface area contributed by atoms with E-state index in [-0.39, 0.29) is 12.3 Å². The summed E-state index contributed by atoms with van der Waals surface area (Å²) in [5.41, 5.74) is 3.27. The van der Waals surface area contributed by atoms with Crippen molar-refractivity contribution < 1.29 is 9.32 Å². The Bertz CT molecular complexity index is 1150. The summed E-state index contributed by atoms with van der Waals surface area (Å²) >= 11 is 3.39. The van der Waals surface area contributed by atoms with E-state index in [4.69, 9.17) is 4.52 Å². The Morgan fingerprint density at radius 3 is 2.97 bits per heavy atom. The van der Waals surface area contributed by atoms with Gasteiger partial charge in [-0.25, -0.2) is 0 Å². The van der Waals surface area contributed by atoms with Crippen LogP contribution in [-0.2, 0) is 24.2 Å². The van der Waals surface area contributed by atoms with Crippen LogP contribution in [-0.4, -0.2) is 22.6 Å². The van der Waals surface area contributed by atoms with E-state index in [9.17, 15) is 4.79 Å². The second-order valence-corrected chi connectivity index (χ2v) is 9.04. The zero-order chi connectivity index (χ0) is 20.3. The highest BCUT2D eigenvalue weighted by atomic mass is 32.1. The molecule has 1 aromatic carbocycles. The largest absolute Gasteiger partial charge is 0.365 e. The van der Waals surface area contributed by atoms with Crippen LogP contribution in [0.4, 0.5) is 11.4 Å². The molecule has 0 fully saturated rings. The summed E-state index contributed by atoms with van der Waals surface area (Å²) < 4.78 is 5.29. The lowest BCUT2D eigenvalue weighted by molar-refractivity contribution is -0.116. The quantitative estimate of drug-likeness (QED) is 0.461. The number of aryl methyl sites for hydroxylation is 1. The Kier molecular flexibility index (Phi) is 5.33. The predicted octanol–water partition coefficient (Wildman–Crippen LogP) is 4.99. The molecule has 1 N–H and O–H groups in total. The third-order valence-electron chi connectivity index (χ3n) is 5.10. The van der Waals surface area contributed by atoms with Gasteiger partial charge in [-0.15, -0.1) is 22.7 Å². The lowest BCUT2D eigenvalue weighted by atomic mass is 10.1. The summed E-state index contributed by atoms with van der Waals surface area (Å²) in [6.07, 6.45) is 1.74. The van der Waals surface area contributed by atoms with E-state index >= 15 is 0 Å². The van der Waals surface area contributed by atoms with Crippen LogP contribution in [0.3, 0.4) is 0 Å². The molecule has 5 rings (SSSR count). The molecular formula is C22H20N4O2S2. The van der Waals surface area contributed by atoms with E-state index in [0.717, 1.165) is 35.8 Å². The monoisotopic (exact) mass is 436 g/mol. The van der Waals surface area contributed by atoms with Gasteiger partial charge >= 0.3 is 0 Å². The first-order chi connectivity index (χ1) is 14.8. The predicted molar refractivity (Wildman–Crippen MR) is 120 cm³/mol. The summed E-state index contributed by atoms with van der Waals surface area (Å²) in [5.74, 6) is 0.984. The van der Waals surface area contributed by atoms with Crippen molar-refractivity contribution in [2.45, 2.75) is 25.8 Å². The number of anilines is 2. The smallest absolute Gasteiger partial charge is 0.227 e. The number of benzene rings is 1. The summed E-state index contributed by atoms with van der Waals surface area (Å²) in [6.45, 7) is 1.83. The third kappa shape index (κ3) is 4.01. The van der Waals surface area contributed by atoms with Gasteiger partial charge in [-0.1, -0.05) is 23.4 Å². The first-order valence-electron chi connectivity index (χ1n) is 9.82. The highest BCUT2D eigenvalue weighted by molar-refractivity contribution is 7.13.